The average Bonchev–Trinajstić information content (AvgIpc) is 3.09. The monoisotopic (exact) mass is 367 g/mol. The summed E-state index contributed by atoms with van der Waals surface area (Å²) in [5, 5.41) is 12.9. The third kappa shape index (κ3) is 4.06. The molecule has 0 N–H and O–H groups in total. The van der Waals surface area contributed by atoms with Gasteiger partial charge in [0.05, 0.1) is 24.2 Å². The Morgan fingerprint density at radius 3 is 2.96 bits per heavy atom. The molecule has 1 unspecified atom stereocenters. The van der Waals surface area contributed by atoms with Gasteiger partial charge in [0.2, 0.25) is 11.1 Å². The first-order valence-corrected chi connectivity index (χ1v) is 9.10. The maximum Gasteiger partial charge on any atom is 0.233 e. The van der Waals surface area contributed by atoms with Crippen LogP contribution >= 0.6 is 23.4 Å². The normalized spacial score (nSPS) is 17.9. The van der Waals surface area contributed by atoms with E-state index in [1.807, 2.05) is 17.0 Å². The number of hydrogen-bond acceptors (Lipinski definition) is 6. The van der Waals surface area contributed by atoms with Crippen molar-refractivity contribution >= 4 is 29.3 Å². The van der Waals surface area contributed by atoms with E-state index in [-0.39, 0.29) is 12.0 Å². The summed E-state index contributed by atoms with van der Waals surface area (Å²) < 4.78 is 7.20. The average molecular weight is 368 g/mol. The van der Waals surface area contributed by atoms with Crippen LogP contribution in [0.1, 0.15) is 13.3 Å². The summed E-state index contributed by atoms with van der Waals surface area (Å²) in [7, 11) is 0. The van der Waals surface area contributed by atoms with Crippen molar-refractivity contribution in [1.82, 2.24) is 25.1 Å². The molecule has 3 rings (SSSR count). The molecule has 1 aromatic heterocycles. The lowest BCUT2D eigenvalue weighted by Crippen LogP contribution is -2.46. The second-order valence-electron chi connectivity index (χ2n) is 5.38. The third-order valence-electron chi connectivity index (χ3n) is 3.78. The van der Waals surface area contributed by atoms with Crippen LogP contribution in [0.5, 0.6) is 0 Å². The molecule has 1 amide bonds. The van der Waals surface area contributed by atoms with Crippen LogP contribution in [0.4, 0.5) is 0 Å². The van der Waals surface area contributed by atoms with Crippen LogP contribution in [0.15, 0.2) is 29.4 Å². The molecule has 9 heteroatoms. The molecule has 128 valence electrons. The minimum absolute atomic E-state index is 0.0763. The Balaban J connectivity index is 1.62. The maximum atomic E-state index is 12.4. The van der Waals surface area contributed by atoms with Gasteiger partial charge in [-0.05, 0) is 41.1 Å². The van der Waals surface area contributed by atoms with Crippen molar-refractivity contribution in [2.45, 2.75) is 24.6 Å². The summed E-state index contributed by atoms with van der Waals surface area (Å²) in [5.74, 6) is 0.372. The van der Waals surface area contributed by atoms with Crippen LogP contribution in [-0.2, 0) is 9.53 Å². The largest absolute Gasteiger partial charge is 0.375 e. The summed E-state index contributed by atoms with van der Waals surface area (Å²) >= 11 is 7.22. The number of halogens is 1. The van der Waals surface area contributed by atoms with Crippen molar-refractivity contribution in [2.24, 2.45) is 0 Å². The summed E-state index contributed by atoms with van der Waals surface area (Å²) in [4.78, 5) is 14.2. The smallest absolute Gasteiger partial charge is 0.233 e. The van der Waals surface area contributed by atoms with Gasteiger partial charge in [0.15, 0.2) is 0 Å². The molecule has 24 heavy (non-hydrogen) atoms. The molecule has 2 heterocycles. The fourth-order valence-electron chi connectivity index (χ4n) is 2.42. The highest BCUT2D eigenvalue weighted by molar-refractivity contribution is 7.99. The van der Waals surface area contributed by atoms with Gasteiger partial charge in [-0.15, -0.1) is 5.10 Å². The highest BCUT2D eigenvalue weighted by Crippen LogP contribution is 2.20. The Hall–Kier alpha value is -1.64. The molecule has 0 aliphatic carbocycles. The quantitative estimate of drug-likeness (QED) is 0.753. The molecule has 0 saturated carbocycles. The fraction of sp³-hybridized carbons (Fsp3) is 0.467. The number of amides is 1. The number of thioether (sulfide) groups is 1. The number of ether oxygens (including phenoxy) is 1. The van der Waals surface area contributed by atoms with Gasteiger partial charge in [0, 0.05) is 18.1 Å². The van der Waals surface area contributed by atoms with Crippen LogP contribution in [0.25, 0.3) is 5.69 Å². The number of morpholine rings is 1. The van der Waals surface area contributed by atoms with E-state index < -0.39 is 0 Å². The van der Waals surface area contributed by atoms with Crippen molar-refractivity contribution < 1.29 is 9.53 Å². The predicted molar refractivity (Wildman–Crippen MR) is 91.5 cm³/mol. The molecule has 1 atom stereocenters. The first-order valence-electron chi connectivity index (χ1n) is 7.74. The molecule has 1 aliphatic rings. The number of aromatic nitrogens is 4. The Labute approximate surface area is 149 Å². The van der Waals surface area contributed by atoms with E-state index >= 15 is 0 Å². The van der Waals surface area contributed by atoms with E-state index in [1.165, 1.54) is 11.8 Å². The number of tetrazole rings is 1. The van der Waals surface area contributed by atoms with Gasteiger partial charge in [-0.1, -0.05) is 30.3 Å². The SMILES string of the molecule is CCC1CN(C(=O)CSc2nnnn2-c2ccc(Cl)cc2)CCO1. The van der Waals surface area contributed by atoms with Crippen molar-refractivity contribution in [1.29, 1.82) is 0 Å². The molecule has 0 bridgehead atoms. The van der Waals surface area contributed by atoms with Crippen molar-refractivity contribution in [2.75, 3.05) is 25.4 Å². The number of hydrogen-bond donors (Lipinski definition) is 0. The minimum atomic E-state index is 0.0763. The zero-order valence-corrected chi connectivity index (χ0v) is 14.8. The first-order chi connectivity index (χ1) is 11.7. The van der Waals surface area contributed by atoms with E-state index in [0.717, 1.165) is 12.1 Å². The summed E-state index contributed by atoms with van der Waals surface area (Å²) in [6.07, 6.45) is 1.04. The van der Waals surface area contributed by atoms with Crippen LogP contribution in [-0.4, -0.2) is 62.6 Å². The number of carbonyl (C=O) groups is 1. The summed E-state index contributed by atoms with van der Waals surface area (Å²) in [6, 6.07) is 7.21. The van der Waals surface area contributed by atoms with Crippen molar-refractivity contribution in [3.8, 4) is 5.69 Å². The number of rotatable bonds is 5. The molecule has 1 saturated heterocycles. The van der Waals surface area contributed by atoms with Crippen molar-refractivity contribution in [3.63, 3.8) is 0 Å². The molecular formula is C15H18ClN5O2S. The number of benzene rings is 1. The van der Waals surface area contributed by atoms with E-state index in [1.54, 1.807) is 16.8 Å². The Morgan fingerprint density at radius 2 is 2.21 bits per heavy atom. The number of nitrogens with zero attached hydrogens (tertiary/aromatic N) is 5. The lowest BCUT2D eigenvalue weighted by molar-refractivity contribution is -0.135. The molecule has 2 aromatic rings. The van der Waals surface area contributed by atoms with Gasteiger partial charge in [-0.2, -0.15) is 4.68 Å². The molecule has 7 nitrogen and oxygen atoms in total. The zero-order chi connectivity index (χ0) is 16.9. The third-order valence-corrected chi connectivity index (χ3v) is 4.94. The molecular weight excluding hydrogens is 350 g/mol. The zero-order valence-electron chi connectivity index (χ0n) is 13.3. The fourth-order valence-corrected chi connectivity index (χ4v) is 3.34. The van der Waals surface area contributed by atoms with Crippen LogP contribution in [0, 0.1) is 0 Å². The molecule has 0 radical (unpaired) electrons. The standard InChI is InChI=1S/C15H18ClN5O2S/c1-2-13-9-20(7-8-23-13)14(22)10-24-15-17-18-19-21(15)12-5-3-11(16)4-6-12/h3-6,13H,2,7-10H2,1H3. The highest BCUT2D eigenvalue weighted by Gasteiger charge is 2.23. The summed E-state index contributed by atoms with van der Waals surface area (Å²) in [5.41, 5.74) is 0.803. The molecule has 1 aliphatic heterocycles. The lowest BCUT2D eigenvalue weighted by Gasteiger charge is -2.32. The van der Waals surface area contributed by atoms with E-state index in [0.29, 0.717) is 35.6 Å². The first kappa shape index (κ1) is 17.2. The molecule has 0 spiro atoms. The van der Waals surface area contributed by atoms with Crippen LogP contribution < -0.4 is 0 Å². The van der Waals surface area contributed by atoms with Gasteiger partial charge in [-0.25, -0.2) is 0 Å². The van der Waals surface area contributed by atoms with Crippen molar-refractivity contribution in [3.05, 3.63) is 29.3 Å². The second kappa shape index (κ2) is 7.96. The topological polar surface area (TPSA) is 73.1 Å². The van der Waals surface area contributed by atoms with Gasteiger partial charge >= 0.3 is 0 Å². The summed E-state index contributed by atoms with van der Waals surface area (Å²) in [6.45, 7) is 3.95. The predicted octanol–water partition coefficient (Wildman–Crippen LogP) is 2.05. The Kier molecular flexibility index (Phi) is 5.70. The van der Waals surface area contributed by atoms with E-state index in [9.17, 15) is 4.79 Å². The Morgan fingerprint density at radius 1 is 1.42 bits per heavy atom. The van der Waals surface area contributed by atoms with Gasteiger partial charge in [-0.3, -0.25) is 4.79 Å². The van der Waals surface area contributed by atoms with Crippen LogP contribution in [0.3, 0.4) is 0 Å². The second-order valence-corrected chi connectivity index (χ2v) is 6.76. The maximum absolute atomic E-state index is 12.4. The lowest BCUT2D eigenvalue weighted by atomic mass is 10.2. The van der Waals surface area contributed by atoms with E-state index in [4.69, 9.17) is 16.3 Å². The van der Waals surface area contributed by atoms with Gasteiger partial charge in [0.1, 0.15) is 0 Å². The van der Waals surface area contributed by atoms with E-state index in [2.05, 4.69) is 22.4 Å². The molecule has 1 fully saturated rings. The minimum Gasteiger partial charge on any atom is -0.375 e. The highest BCUT2D eigenvalue weighted by atomic mass is 35.5. The van der Waals surface area contributed by atoms with Gasteiger partial charge in [0.25, 0.3) is 0 Å². The molecule has 1 aromatic carbocycles. The Bertz CT molecular complexity index is 693. The van der Waals surface area contributed by atoms with Crippen LogP contribution in [0.2, 0.25) is 5.02 Å². The number of carbonyl (C=O) groups excluding carboxylic acids is 1. The van der Waals surface area contributed by atoms with Gasteiger partial charge < -0.3 is 9.64 Å².